The molecule has 106 valence electrons. The van der Waals surface area contributed by atoms with Gasteiger partial charge in [-0.2, -0.15) is 0 Å². The van der Waals surface area contributed by atoms with Gasteiger partial charge in [0.05, 0.1) is 12.6 Å². The number of ether oxygens (including phenoxy) is 2. The van der Waals surface area contributed by atoms with Crippen LogP contribution in [0.5, 0.6) is 17.2 Å². The summed E-state index contributed by atoms with van der Waals surface area (Å²) in [4.78, 5) is 4.55. The molecule has 3 rings (SSSR count). The molecule has 3 heteroatoms. The molecule has 3 aromatic rings. The Bertz CT molecular complexity index is 779. The average Bonchev–Trinajstić information content (AvgIpc) is 2.49. The van der Waals surface area contributed by atoms with Gasteiger partial charge >= 0.3 is 0 Å². The van der Waals surface area contributed by atoms with Crippen LogP contribution in [-0.2, 0) is 0 Å². The normalized spacial score (nSPS) is 10.6. The van der Waals surface area contributed by atoms with E-state index in [2.05, 4.69) is 24.0 Å². The minimum atomic E-state index is 0.782. The van der Waals surface area contributed by atoms with Gasteiger partial charge in [-0.05, 0) is 50.2 Å². The van der Waals surface area contributed by atoms with Crippen LogP contribution >= 0.6 is 0 Å². The average molecular weight is 279 g/mol. The molecule has 0 N–H and O–H groups in total. The predicted octanol–water partition coefficient (Wildman–Crippen LogP) is 4.65. The summed E-state index contributed by atoms with van der Waals surface area (Å²) in [5.74, 6) is 2.42. The monoisotopic (exact) mass is 279 g/mol. The lowest BCUT2D eigenvalue weighted by atomic mass is 10.1. The van der Waals surface area contributed by atoms with Crippen LogP contribution in [0.2, 0.25) is 0 Å². The molecule has 0 aliphatic carbocycles. The van der Waals surface area contributed by atoms with Crippen molar-refractivity contribution >= 4 is 10.9 Å². The Morgan fingerprint density at radius 1 is 0.857 bits per heavy atom. The molecule has 0 unspecified atom stereocenters. The molecule has 0 atom stereocenters. The van der Waals surface area contributed by atoms with Gasteiger partial charge in [-0.15, -0.1) is 0 Å². The minimum Gasteiger partial charge on any atom is -0.497 e. The summed E-state index contributed by atoms with van der Waals surface area (Å²) in [5.41, 5.74) is 3.08. The summed E-state index contributed by atoms with van der Waals surface area (Å²) in [5, 5.41) is 1.02. The van der Waals surface area contributed by atoms with Gasteiger partial charge in [0.2, 0.25) is 0 Å². The van der Waals surface area contributed by atoms with Crippen LogP contribution in [0.1, 0.15) is 11.3 Å². The number of hydrogen-bond donors (Lipinski definition) is 0. The molecule has 0 amide bonds. The second-order valence-corrected chi connectivity index (χ2v) is 5.06. The number of fused-ring (bicyclic) bond motifs is 1. The van der Waals surface area contributed by atoms with Crippen molar-refractivity contribution in [2.75, 3.05) is 7.11 Å². The SMILES string of the molecule is COc1ccc(Oc2cc(C)nc3ccc(C)cc23)cc1. The molecule has 0 saturated carbocycles. The van der Waals surface area contributed by atoms with Crippen molar-refractivity contribution in [3.63, 3.8) is 0 Å². The molecule has 0 fully saturated rings. The Hall–Kier alpha value is -2.55. The number of rotatable bonds is 3. The second kappa shape index (κ2) is 5.44. The van der Waals surface area contributed by atoms with Gasteiger partial charge in [0.1, 0.15) is 17.2 Å². The summed E-state index contributed by atoms with van der Waals surface area (Å²) >= 11 is 0. The third-order valence-electron chi connectivity index (χ3n) is 3.34. The Morgan fingerprint density at radius 3 is 2.29 bits per heavy atom. The van der Waals surface area contributed by atoms with E-state index in [-0.39, 0.29) is 0 Å². The Balaban J connectivity index is 2.04. The fraction of sp³-hybridized carbons (Fsp3) is 0.167. The molecule has 0 aliphatic rings. The first-order valence-electron chi connectivity index (χ1n) is 6.85. The van der Waals surface area contributed by atoms with E-state index >= 15 is 0 Å². The highest BCUT2D eigenvalue weighted by atomic mass is 16.5. The summed E-state index contributed by atoms with van der Waals surface area (Å²) in [6.07, 6.45) is 0. The van der Waals surface area contributed by atoms with E-state index in [0.29, 0.717) is 0 Å². The van der Waals surface area contributed by atoms with Gasteiger partial charge < -0.3 is 9.47 Å². The van der Waals surface area contributed by atoms with Crippen LogP contribution in [0.15, 0.2) is 48.5 Å². The van der Waals surface area contributed by atoms with Gasteiger partial charge in [-0.25, -0.2) is 0 Å². The smallest absolute Gasteiger partial charge is 0.138 e. The molecule has 1 aromatic heterocycles. The van der Waals surface area contributed by atoms with Gasteiger partial charge in [-0.3, -0.25) is 4.98 Å². The number of aromatic nitrogens is 1. The summed E-state index contributed by atoms with van der Waals surface area (Å²) in [7, 11) is 1.65. The third kappa shape index (κ3) is 2.82. The highest BCUT2D eigenvalue weighted by Gasteiger charge is 2.07. The molecule has 0 aliphatic heterocycles. The molecule has 1 heterocycles. The lowest BCUT2D eigenvalue weighted by Crippen LogP contribution is -1.91. The van der Waals surface area contributed by atoms with Crippen molar-refractivity contribution < 1.29 is 9.47 Å². The fourth-order valence-corrected chi connectivity index (χ4v) is 2.29. The molecule has 0 radical (unpaired) electrons. The number of methoxy groups -OCH3 is 1. The van der Waals surface area contributed by atoms with E-state index in [1.165, 1.54) is 5.56 Å². The van der Waals surface area contributed by atoms with E-state index in [0.717, 1.165) is 33.8 Å². The second-order valence-electron chi connectivity index (χ2n) is 5.06. The van der Waals surface area contributed by atoms with E-state index in [1.807, 2.05) is 43.3 Å². The van der Waals surface area contributed by atoms with Crippen LogP contribution in [0.3, 0.4) is 0 Å². The van der Waals surface area contributed by atoms with E-state index in [9.17, 15) is 0 Å². The summed E-state index contributed by atoms with van der Waals surface area (Å²) in [6, 6.07) is 15.7. The van der Waals surface area contributed by atoms with Crippen molar-refractivity contribution in [1.29, 1.82) is 0 Å². The number of pyridine rings is 1. The van der Waals surface area contributed by atoms with Gasteiger partial charge in [0.25, 0.3) is 0 Å². The van der Waals surface area contributed by atoms with E-state index in [1.54, 1.807) is 7.11 Å². The van der Waals surface area contributed by atoms with Crippen LogP contribution in [-0.4, -0.2) is 12.1 Å². The maximum atomic E-state index is 6.03. The molecule has 21 heavy (non-hydrogen) atoms. The van der Waals surface area contributed by atoms with Crippen LogP contribution in [0.4, 0.5) is 0 Å². The standard InChI is InChI=1S/C18H17NO2/c1-12-4-9-17-16(10-12)18(11-13(2)19-17)21-15-7-5-14(20-3)6-8-15/h4-11H,1-3H3. The topological polar surface area (TPSA) is 31.4 Å². The zero-order valence-electron chi connectivity index (χ0n) is 12.4. The van der Waals surface area contributed by atoms with Crippen LogP contribution in [0.25, 0.3) is 10.9 Å². The maximum absolute atomic E-state index is 6.03. The highest BCUT2D eigenvalue weighted by Crippen LogP contribution is 2.31. The lowest BCUT2D eigenvalue weighted by molar-refractivity contribution is 0.413. The largest absolute Gasteiger partial charge is 0.497 e. The maximum Gasteiger partial charge on any atom is 0.138 e. The van der Waals surface area contributed by atoms with Crippen molar-refractivity contribution in [2.24, 2.45) is 0 Å². The molecule has 3 nitrogen and oxygen atoms in total. The minimum absolute atomic E-state index is 0.782. The molecular formula is C18H17NO2. The number of aryl methyl sites for hydroxylation is 2. The Labute approximate surface area is 124 Å². The zero-order chi connectivity index (χ0) is 14.8. The van der Waals surface area contributed by atoms with E-state index in [4.69, 9.17) is 9.47 Å². The Morgan fingerprint density at radius 2 is 1.57 bits per heavy atom. The molecule has 0 bridgehead atoms. The summed E-state index contributed by atoms with van der Waals surface area (Å²) < 4.78 is 11.2. The predicted molar refractivity (Wildman–Crippen MR) is 84.3 cm³/mol. The van der Waals surface area contributed by atoms with Crippen molar-refractivity contribution in [2.45, 2.75) is 13.8 Å². The quantitative estimate of drug-likeness (QED) is 0.699. The molecular weight excluding hydrogens is 262 g/mol. The first-order chi connectivity index (χ1) is 10.2. The van der Waals surface area contributed by atoms with Gasteiger partial charge in [0, 0.05) is 17.1 Å². The van der Waals surface area contributed by atoms with Crippen molar-refractivity contribution in [3.05, 3.63) is 59.8 Å². The van der Waals surface area contributed by atoms with Crippen LogP contribution < -0.4 is 9.47 Å². The molecule has 2 aromatic carbocycles. The Kier molecular flexibility index (Phi) is 3.48. The number of nitrogens with zero attached hydrogens (tertiary/aromatic N) is 1. The highest BCUT2D eigenvalue weighted by molar-refractivity contribution is 5.86. The first kappa shape index (κ1) is 13.4. The number of hydrogen-bond acceptors (Lipinski definition) is 3. The first-order valence-corrected chi connectivity index (χ1v) is 6.85. The lowest BCUT2D eigenvalue weighted by Gasteiger charge is -2.11. The van der Waals surface area contributed by atoms with Crippen molar-refractivity contribution in [3.8, 4) is 17.2 Å². The number of benzene rings is 2. The van der Waals surface area contributed by atoms with E-state index < -0.39 is 0 Å². The summed E-state index contributed by atoms with van der Waals surface area (Å²) in [6.45, 7) is 4.04. The van der Waals surface area contributed by atoms with Crippen LogP contribution in [0, 0.1) is 13.8 Å². The van der Waals surface area contributed by atoms with Crippen molar-refractivity contribution in [1.82, 2.24) is 4.98 Å². The van der Waals surface area contributed by atoms with Gasteiger partial charge in [0.15, 0.2) is 0 Å². The molecule has 0 spiro atoms. The fourth-order valence-electron chi connectivity index (χ4n) is 2.29. The van der Waals surface area contributed by atoms with Gasteiger partial charge in [-0.1, -0.05) is 11.6 Å². The molecule has 0 saturated heterocycles. The zero-order valence-corrected chi connectivity index (χ0v) is 12.4. The third-order valence-corrected chi connectivity index (χ3v) is 3.34.